The summed E-state index contributed by atoms with van der Waals surface area (Å²) in [5.74, 6) is 1.97. The van der Waals surface area contributed by atoms with Gasteiger partial charge in [-0.05, 0) is 32.6 Å². The van der Waals surface area contributed by atoms with Crippen LogP contribution in [0.15, 0.2) is 6.07 Å². The molecule has 0 bridgehead atoms. The Morgan fingerprint density at radius 1 is 0.960 bits per heavy atom. The van der Waals surface area contributed by atoms with Gasteiger partial charge in [-0.25, -0.2) is 13.4 Å². The van der Waals surface area contributed by atoms with Crippen LogP contribution in [0.5, 0.6) is 0 Å². The Labute approximate surface area is 151 Å². The highest BCUT2D eigenvalue weighted by Gasteiger charge is 2.27. The highest BCUT2D eigenvalue weighted by Crippen LogP contribution is 2.22. The number of aryl methyl sites for hydroxylation is 1. The molecule has 7 nitrogen and oxygen atoms in total. The zero-order valence-electron chi connectivity index (χ0n) is 15.3. The third-order valence-corrected chi connectivity index (χ3v) is 6.96. The van der Waals surface area contributed by atoms with Crippen molar-refractivity contribution in [2.24, 2.45) is 0 Å². The third kappa shape index (κ3) is 4.41. The molecule has 2 aliphatic rings. The Hall–Kier alpha value is -1.41. The predicted molar refractivity (Wildman–Crippen MR) is 101 cm³/mol. The molecule has 0 spiro atoms. The number of nitrogens with zero attached hydrogens (tertiary/aromatic N) is 5. The summed E-state index contributed by atoms with van der Waals surface area (Å²) in [5, 5.41) is 0. The van der Waals surface area contributed by atoms with E-state index in [0.29, 0.717) is 32.6 Å². The van der Waals surface area contributed by atoms with Crippen molar-refractivity contribution < 1.29 is 8.42 Å². The summed E-state index contributed by atoms with van der Waals surface area (Å²) in [6.07, 6.45) is 4.33. The number of rotatable bonds is 5. The summed E-state index contributed by atoms with van der Waals surface area (Å²) in [6.45, 7) is 8.37. The molecule has 2 aliphatic heterocycles. The van der Waals surface area contributed by atoms with Gasteiger partial charge in [0.1, 0.15) is 5.82 Å². The van der Waals surface area contributed by atoms with Gasteiger partial charge in [0.15, 0.2) is 0 Å². The lowest BCUT2D eigenvalue weighted by Crippen LogP contribution is -2.49. The molecule has 0 aromatic carbocycles. The maximum atomic E-state index is 12.2. The number of hydrogen-bond donors (Lipinski definition) is 0. The van der Waals surface area contributed by atoms with Crippen molar-refractivity contribution in [1.29, 1.82) is 0 Å². The second-order valence-electron chi connectivity index (χ2n) is 6.92. The van der Waals surface area contributed by atoms with Crippen LogP contribution >= 0.6 is 0 Å². The summed E-state index contributed by atoms with van der Waals surface area (Å²) < 4.78 is 26.1. The first-order valence-corrected chi connectivity index (χ1v) is 10.9. The summed E-state index contributed by atoms with van der Waals surface area (Å²) in [4.78, 5) is 13.8. The molecular weight excluding hydrogens is 338 g/mol. The highest BCUT2D eigenvalue weighted by molar-refractivity contribution is 7.89. The van der Waals surface area contributed by atoms with Crippen LogP contribution in [0.4, 0.5) is 11.8 Å². The molecule has 0 atom stereocenters. The van der Waals surface area contributed by atoms with E-state index in [1.54, 1.807) is 4.31 Å². The lowest BCUT2D eigenvalue weighted by molar-refractivity contribution is 0.383. The quantitative estimate of drug-likeness (QED) is 0.788. The third-order valence-electron chi connectivity index (χ3n) is 4.89. The Bertz CT molecular complexity index is 680. The summed E-state index contributed by atoms with van der Waals surface area (Å²) in [7, 11) is -3.11. The molecule has 1 aromatic heterocycles. The van der Waals surface area contributed by atoms with Crippen molar-refractivity contribution in [1.82, 2.24) is 14.3 Å². The second kappa shape index (κ2) is 7.86. The van der Waals surface area contributed by atoms with Crippen LogP contribution in [-0.4, -0.2) is 67.7 Å². The number of hydrogen-bond acceptors (Lipinski definition) is 6. The minimum absolute atomic E-state index is 0.235. The van der Waals surface area contributed by atoms with E-state index >= 15 is 0 Å². The molecule has 8 heteroatoms. The van der Waals surface area contributed by atoms with Crippen molar-refractivity contribution in [2.45, 2.75) is 39.5 Å². The van der Waals surface area contributed by atoms with E-state index in [4.69, 9.17) is 4.98 Å². The summed E-state index contributed by atoms with van der Waals surface area (Å²) in [6, 6.07) is 2.00. The van der Waals surface area contributed by atoms with Gasteiger partial charge >= 0.3 is 0 Å². The number of piperidine rings is 1. The lowest BCUT2D eigenvalue weighted by atomic mass is 10.1. The van der Waals surface area contributed by atoms with E-state index in [-0.39, 0.29) is 5.75 Å². The van der Waals surface area contributed by atoms with E-state index in [2.05, 4.69) is 14.8 Å². The van der Waals surface area contributed by atoms with Gasteiger partial charge < -0.3 is 9.80 Å². The zero-order valence-corrected chi connectivity index (χ0v) is 16.1. The minimum atomic E-state index is -3.11. The van der Waals surface area contributed by atoms with E-state index in [9.17, 15) is 8.42 Å². The van der Waals surface area contributed by atoms with E-state index in [1.807, 2.05) is 19.9 Å². The van der Waals surface area contributed by atoms with Crippen LogP contribution in [0.1, 0.15) is 38.3 Å². The van der Waals surface area contributed by atoms with Crippen LogP contribution in [-0.2, 0) is 10.0 Å². The normalized spacial score (nSPS) is 20.1. The maximum Gasteiger partial charge on any atom is 0.227 e. The standard InChI is InChI=1S/C17H29N5O2S/c1-3-13-25(23,24)22-11-9-20(10-12-22)16-14-15(2)18-17(19-16)21-7-5-4-6-8-21/h14H,3-13H2,1-2H3. The van der Waals surface area contributed by atoms with Gasteiger partial charge in [-0.15, -0.1) is 0 Å². The fraction of sp³-hybridized carbons (Fsp3) is 0.765. The number of aromatic nitrogens is 2. The van der Waals surface area contributed by atoms with Crippen molar-refractivity contribution in [3.63, 3.8) is 0 Å². The van der Waals surface area contributed by atoms with Gasteiger partial charge in [0.25, 0.3) is 0 Å². The molecular formula is C17H29N5O2S. The molecule has 0 aliphatic carbocycles. The molecule has 1 aromatic rings. The fourth-order valence-electron chi connectivity index (χ4n) is 3.52. The van der Waals surface area contributed by atoms with Gasteiger partial charge in [-0.1, -0.05) is 6.92 Å². The van der Waals surface area contributed by atoms with Crippen LogP contribution in [0.2, 0.25) is 0 Å². The molecule has 2 fully saturated rings. The Kier molecular flexibility index (Phi) is 5.78. The van der Waals surface area contributed by atoms with Crippen LogP contribution in [0.25, 0.3) is 0 Å². The molecule has 2 saturated heterocycles. The molecule has 0 unspecified atom stereocenters. The Balaban J connectivity index is 1.70. The molecule has 3 heterocycles. The van der Waals surface area contributed by atoms with Gasteiger partial charge in [-0.2, -0.15) is 9.29 Å². The molecule has 3 rings (SSSR count). The monoisotopic (exact) mass is 367 g/mol. The van der Waals surface area contributed by atoms with Gasteiger partial charge in [-0.3, -0.25) is 0 Å². The first kappa shape index (κ1) is 18.4. The predicted octanol–water partition coefficient (Wildman–Crippen LogP) is 1.64. The molecule has 140 valence electrons. The van der Waals surface area contributed by atoms with Gasteiger partial charge in [0, 0.05) is 51.0 Å². The average molecular weight is 368 g/mol. The van der Waals surface area contributed by atoms with Crippen molar-refractivity contribution in [2.75, 3.05) is 54.8 Å². The van der Waals surface area contributed by atoms with Crippen LogP contribution in [0, 0.1) is 6.92 Å². The van der Waals surface area contributed by atoms with E-state index in [1.165, 1.54) is 19.3 Å². The zero-order chi connectivity index (χ0) is 17.9. The maximum absolute atomic E-state index is 12.2. The highest BCUT2D eigenvalue weighted by atomic mass is 32.2. The molecule has 0 saturated carbocycles. The minimum Gasteiger partial charge on any atom is -0.354 e. The van der Waals surface area contributed by atoms with Crippen LogP contribution < -0.4 is 9.80 Å². The molecule has 25 heavy (non-hydrogen) atoms. The van der Waals surface area contributed by atoms with Crippen molar-refractivity contribution in [3.8, 4) is 0 Å². The number of piperazine rings is 1. The topological polar surface area (TPSA) is 69.6 Å². The van der Waals surface area contributed by atoms with Crippen molar-refractivity contribution >= 4 is 21.8 Å². The fourth-order valence-corrected chi connectivity index (χ4v) is 5.01. The molecule has 0 amide bonds. The van der Waals surface area contributed by atoms with Crippen LogP contribution in [0.3, 0.4) is 0 Å². The van der Waals surface area contributed by atoms with Crippen molar-refractivity contribution in [3.05, 3.63) is 11.8 Å². The molecule has 0 radical (unpaired) electrons. The van der Waals surface area contributed by atoms with Gasteiger partial charge in [0.2, 0.25) is 16.0 Å². The van der Waals surface area contributed by atoms with Gasteiger partial charge in [0.05, 0.1) is 5.75 Å². The molecule has 0 N–H and O–H groups in total. The number of anilines is 2. The first-order chi connectivity index (χ1) is 12.0. The summed E-state index contributed by atoms with van der Waals surface area (Å²) in [5.41, 5.74) is 0.964. The first-order valence-electron chi connectivity index (χ1n) is 9.33. The SMILES string of the molecule is CCCS(=O)(=O)N1CCN(c2cc(C)nc(N3CCCCC3)n2)CC1. The average Bonchev–Trinajstić information content (AvgIpc) is 2.62. The van der Waals surface area contributed by atoms with E-state index < -0.39 is 10.0 Å². The Morgan fingerprint density at radius 3 is 2.28 bits per heavy atom. The Morgan fingerprint density at radius 2 is 1.64 bits per heavy atom. The summed E-state index contributed by atoms with van der Waals surface area (Å²) >= 11 is 0. The number of sulfonamides is 1. The second-order valence-corrected chi connectivity index (χ2v) is 9.01. The smallest absolute Gasteiger partial charge is 0.227 e. The van der Waals surface area contributed by atoms with E-state index in [0.717, 1.165) is 30.5 Å². The lowest BCUT2D eigenvalue weighted by Gasteiger charge is -2.35. The largest absolute Gasteiger partial charge is 0.354 e.